The van der Waals surface area contributed by atoms with E-state index in [4.69, 9.17) is 11.5 Å². The summed E-state index contributed by atoms with van der Waals surface area (Å²) in [5.41, 5.74) is 16.1. The highest BCUT2D eigenvalue weighted by molar-refractivity contribution is 5.71. The summed E-state index contributed by atoms with van der Waals surface area (Å²) >= 11 is 0. The van der Waals surface area contributed by atoms with Gasteiger partial charge in [0.15, 0.2) is 0 Å². The standard InChI is InChI=1S/2C6H5N3/c2*7-4-1-2-5-6(3-4)9-8-5/h2*1-3H,7H2. The lowest BCUT2D eigenvalue weighted by Gasteiger charge is -2.05. The molecule has 0 saturated carbocycles. The van der Waals surface area contributed by atoms with Crippen molar-refractivity contribution in [1.29, 1.82) is 0 Å². The number of nitrogens with zero attached hydrogens (tertiary/aromatic N) is 4. The van der Waals surface area contributed by atoms with Crippen LogP contribution in [0.15, 0.2) is 56.9 Å². The summed E-state index contributed by atoms with van der Waals surface area (Å²) in [4.78, 5) is 0. The van der Waals surface area contributed by atoms with E-state index in [1.165, 1.54) is 0 Å². The number of hydrogen-bond acceptors (Lipinski definition) is 6. The van der Waals surface area contributed by atoms with E-state index in [9.17, 15) is 0 Å². The molecule has 2 aliphatic rings. The fourth-order valence-corrected chi connectivity index (χ4v) is 1.54. The Kier molecular flexibility index (Phi) is 2.26. The summed E-state index contributed by atoms with van der Waals surface area (Å²) < 4.78 is 0. The molecule has 0 aliphatic carbocycles. The normalized spacial score (nSPS) is 12.4. The zero-order valence-corrected chi connectivity index (χ0v) is 9.41. The molecule has 88 valence electrons. The fourth-order valence-electron chi connectivity index (χ4n) is 1.54. The van der Waals surface area contributed by atoms with E-state index in [2.05, 4.69) is 20.5 Å². The molecule has 4 N–H and O–H groups in total. The number of nitrogen functional groups attached to an aromatic ring is 2. The number of rotatable bonds is 0. The maximum Gasteiger partial charge on any atom is 0.115 e. The Morgan fingerprint density at radius 2 is 0.944 bits per heavy atom. The van der Waals surface area contributed by atoms with Crippen LogP contribution in [-0.4, -0.2) is 0 Å². The van der Waals surface area contributed by atoms with Crippen molar-refractivity contribution in [2.75, 3.05) is 11.5 Å². The minimum absolute atomic E-state index is 0.743. The Hall–Kier alpha value is -2.76. The van der Waals surface area contributed by atoms with Gasteiger partial charge in [0, 0.05) is 11.4 Å². The minimum Gasteiger partial charge on any atom is -0.399 e. The molecule has 0 fully saturated rings. The summed E-state index contributed by atoms with van der Waals surface area (Å²) in [6.07, 6.45) is 0. The van der Waals surface area contributed by atoms with Gasteiger partial charge in [0.2, 0.25) is 0 Å². The first-order chi connectivity index (χ1) is 8.72. The highest BCUT2D eigenvalue weighted by Crippen LogP contribution is 2.38. The van der Waals surface area contributed by atoms with Crippen molar-refractivity contribution in [1.82, 2.24) is 0 Å². The molecule has 0 saturated heterocycles. The zero-order valence-electron chi connectivity index (χ0n) is 9.41. The lowest BCUT2D eigenvalue weighted by molar-refractivity contribution is 1.14. The quantitative estimate of drug-likeness (QED) is 0.452. The molecule has 0 atom stereocenters. The molecule has 0 unspecified atom stereocenters. The van der Waals surface area contributed by atoms with Gasteiger partial charge in [0.05, 0.1) is 0 Å². The molecular weight excluding hydrogens is 228 g/mol. The van der Waals surface area contributed by atoms with E-state index in [0.29, 0.717) is 0 Å². The van der Waals surface area contributed by atoms with Gasteiger partial charge in [-0.15, -0.1) is 20.5 Å². The van der Waals surface area contributed by atoms with Crippen LogP contribution >= 0.6 is 0 Å². The van der Waals surface area contributed by atoms with Crippen LogP contribution in [0.1, 0.15) is 0 Å². The molecule has 2 aliphatic heterocycles. The summed E-state index contributed by atoms with van der Waals surface area (Å²) in [6.45, 7) is 0. The van der Waals surface area contributed by atoms with Gasteiger partial charge in [-0.05, 0) is 36.4 Å². The average molecular weight is 238 g/mol. The smallest absolute Gasteiger partial charge is 0.115 e. The maximum atomic E-state index is 5.46. The molecule has 2 aromatic rings. The number of fused-ring (bicyclic) bond motifs is 2. The van der Waals surface area contributed by atoms with Gasteiger partial charge < -0.3 is 11.5 Å². The van der Waals surface area contributed by atoms with Crippen LogP contribution in [0.4, 0.5) is 34.1 Å². The van der Waals surface area contributed by atoms with E-state index in [1.807, 2.05) is 36.4 Å². The molecule has 2 aromatic carbocycles. The van der Waals surface area contributed by atoms with Crippen LogP contribution in [0.3, 0.4) is 0 Å². The Labute approximate surface area is 103 Å². The van der Waals surface area contributed by atoms with Gasteiger partial charge >= 0.3 is 0 Å². The summed E-state index contributed by atoms with van der Waals surface area (Å²) in [6, 6.07) is 11.0. The Morgan fingerprint density at radius 1 is 0.556 bits per heavy atom. The lowest BCUT2D eigenvalue weighted by Crippen LogP contribution is -1.84. The van der Waals surface area contributed by atoms with Gasteiger partial charge in [-0.3, -0.25) is 0 Å². The van der Waals surface area contributed by atoms with Crippen molar-refractivity contribution >= 4 is 34.1 Å². The average Bonchev–Trinajstić information content (AvgIpc) is 2.29. The molecule has 0 radical (unpaired) electrons. The van der Waals surface area contributed by atoms with Crippen LogP contribution in [0.5, 0.6) is 0 Å². The van der Waals surface area contributed by atoms with Gasteiger partial charge in [0.1, 0.15) is 22.7 Å². The molecule has 4 rings (SSSR count). The third-order valence-corrected chi connectivity index (χ3v) is 2.53. The number of nitrogens with two attached hydrogens (primary N) is 2. The SMILES string of the molecule is Nc1ccc2c(c1)N=N2.Nc1ccc2c(c1)N=N2. The monoisotopic (exact) mass is 238 g/mol. The second-order valence-electron chi connectivity index (χ2n) is 3.90. The van der Waals surface area contributed by atoms with Crippen molar-refractivity contribution in [3.63, 3.8) is 0 Å². The van der Waals surface area contributed by atoms with Crippen LogP contribution in [0.25, 0.3) is 0 Å². The van der Waals surface area contributed by atoms with Crippen LogP contribution < -0.4 is 11.5 Å². The van der Waals surface area contributed by atoms with Crippen LogP contribution in [-0.2, 0) is 0 Å². The lowest BCUT2D eigenvalue weighted by atomic mass is 10.2. The highest BCUT2D eigenvalue weighted by atomic mass is 15.2. The predicted octanol–water partition coefficient (Wildman–Crippen LogP) is 4.00. The van der Waals surface area contributed by atoms with Crippen molar-refractivity contribution in [3.05, 3.63) is 36.4 Å². The van der Waals surface area contributed by atoms with Crippen molar-refractivity contribution in [2.24, 2.45) is 20.5 Å². The molecule has 6 nitrogen and oxygen atoms in total. The summed E-state index contributed by atoms with van der Waals surface area (Å²) in [7, 11) is 0. The van der Waals surface area contributed by atoms with Gasteiger partial charge in [0.25, 0.3) is 0 Å². The van der Waals surface area contributed by atoms with Gasteiger partial charge in [-0.25, -0.2) is 0 Å². The van der Waals surface area contributed by atoms with E-state index >= 15 is 0 Å². The number of azo groups is 2. The van der Waals surface area contributed by atoms with E-state index in [-0.39, 0.29) is 0 Å². The van der Waals surface area contributed by atoms with Crippen LogP contribution in [0, 0.1) is 0 Å². The third kappa shape index (κ3) is 1.80. The number of benzene rings is 2. The molecule has 0 bridgehead atoms. The highest BCUT2D eigenvalue weighted by Gasteiger charge is 2.08. The Bertz CT molecular complexity index is 615. The first-order valence-corrected chi connectivity index (χ1v) is 5.35. The molecule has 6 heteroatoms. The largest absolute Gasteiger partial charge is 0.399 e. The van der Waals surface area contributed by atoms with Crippen molar-refractivity contribution < 1.29 is 0 Å². The molecule has 0 spiro atoms. The fraction of sp³-hybridized carbons (Fsp3) is 0. The first-order valence-electron chi connectivity index (χ1n) is 5.35. The topological polar surface area (TPSA) is 101 Å². The van der Waals surface area contributed by atoms with E-state index in [1.54, 1.807) is 0 Å². The molecule has 0 amide bonds. The van der Waals surface area contributed by atoms with Crippen molar-refractivity contribution in [3.8, 4) is 0 Å². The summed E-state index contributed by atoms with van der Waals surface area (Å²) in [5, 5.41) is 15.0. The Morgan fingerprint density at radius 3 is 1.17 bits per heavy atom. The first kappa shape index (κ1) is 10.4. The van der Waals surface area contributed by atoms with E-state index < -0.39 is 0 Å². The van der Waals surface area contributed by atoms with Crippen LogP contribution in [0.2, 0.25) is 0 Å². The number of hydrogen-bond donors (Lipinski definition) is 2. The second kappa shape index (κ2) is 3.92. The van der Waals surface area contributed by atoms with Crippen molar-refractivity contribution in [2.45, 2.75) is 0 Å². The molecular formula is C12H10N6. The molecule has 2 heterocycles. The summed E-state index contributed by atoms with van der Waals surface area (Å²) in [5.74, 6) is 0. The van der Waals surface area contributed by atoms with Gasteiger partial charge in [-0.2, -0.15) is 0 Å². The minimum atomic E-state index is 0.743. The molecule has 18 heavy (non-hydrogen) atoms. The molecule has 0 aromatic heterocycles. The van der Waals surface area contributed by atoms with Gasteiger partial charge in [-0.1, -0.05) is 0 Å². The predicted molar refractivity (Wildman–Crippen MR) is 70.1 cm³/mol. The maximum absolute atomic E-state index is 5.46. The Balaban J connectivity index is 0.000000111. The number of anilines is 2. The zero-order chi connectivity index (χ0) is 12.5. The second-order valence-corrected chi connectivity index (χ2v) is 3.90. The van der Waals surface area contributed by atoms with E-state index in [0.717, 1.165) is 34.1 Å². The third-order valence-electron chi connectivity index (χ3n) is 2.53.